The molecule has 0 spiro atoms. The van der Waals surface area contributed by atoms with Gasteiger partial charge < -0.3 is 21.1 Å². The highest BCUT2D eigenvalue weighted by Crippen LogP contribution is 2.10. The molecule has 0 bridgehead atoms. The second kappa shape index (κ2) is 19.9. The van der Waals surface area contributed by atoms with E-state index in [0.29, 0.717) is 13.1 Å². The highest BCUT2D eigenvalue weighted by atomic mass is 16.4. The lowest BCUT2D eigenvalue weighted by molar-refractivity contribution is -0.131. The first-order valence-corrected chi connectivity index (χ1v) is 10.3. The lowest BCUT2D eigenvalue weighted by Crippen LogP contribution is -2.34. The Bertz CT molecular complexity index is 373. The van der Waals surface area contributed by atoms with Crippen LogP contribution in [0.1, 0.15) is 71.1 Å². The average molecular weight is 370 g/mol. The molecular weight excluding hydrogens is 330 g/mol. The molecule has 0 fully saturated rings. The highest BCUT2D eigenvalue weighted by molar-refractivity contribution is 5.93. The lowest BCUT2D eigenvalue weighted by Gasteiger charge is -2.07. The Morgan fingerprint density at radius 2 is 1.19 bits per heavy atom. The van der Waals surface area contributed by atoms with Crippen LogP contribution in [0.4, 0.5) is 0 Å². The summed E-state index contributed by atoms with van der Waals surface area (Å²) in [6.07, 6.45) is 15.5. The van der Waals surface area contributed by atoms with E-state index in [0.717, 1.165) is 31.8 Å². The predicted octanol–water partition coefficient (Wildman–Crippen LogP) is 2.84. The van der Waals surface area contributed by atoms with Crippen LogP contribution in [0, 0.1) is 0 Å². The van der Waals surface area contributed by atoms with Gasteiger partial charge >= 0.3 is 5.97 Å². The number of amides is 1. The SMILES string of the molecule is CCCCCCCCCCCCNCCNCCNC(=O)/C=C/C(=O)O. The number of carboxylic acids is 1. The Labute approximate surface area is 159 Å². The van der Waals surface area contributed by atoms with Gasteiger partial charge in [-0.05, 0) is 13.0 Å². The van der Waals surface area contributed by atoms with Crippen molar-refractivity contribution in [1.29, 1.82) is 0 Å². The van der Waals surface area contributed by atoms with Gasteiger partial charge in [-0.2, -0.15) is 0 Å². The summed E-state index contributed by atoms with van der Waals surface area (Å²) >= 11 is 0. The zero-order valence-corrected chi connectivity index (χ0v) is 16.5. The average Bonchev–Trinajstić information content (AvgIpc) is 2.62. The lowest BCUT2D eigenvalue weighted by atomic mass is 10.1. The van der Waals surface area contributed by atoms with Crippen molar-refractivity contribution >= 4 is 11.9 Å². The zero-order valence-electron chi connectivity index (χ0n) is 16.5. The van der Waals surface area contributed by atoms with Crippen molar-refractivity contribution in [2.75, 3.05) is 32.7 Å². The second-order valence-electron chi connectivity index (χ2n) is 6.64. The Hall–Kier alpha value is -1.40. The van der Waals surface area contributed by atoms with Crippen LogP contribution in [0.3, 0.4) is 0 Å². The van der Waals surface area contributed by atoms with Crippen LogP contribution in [-0.4, -0.2) is 49.7 Å². The maximum atomic E-state index is 11.2. The molecule has 0 aromatic rings. The van der Waals surface area contributed by atoms with E-state index in [1.54, 1.807) is 0 Å². The molecule has 0 heterocycles. The number of hydrogen-bond acceptors (Lipinski definition) is 4. The summed E-state index contributed by atoms with van der Waals surface area (Å²) in [6.45, 7) is 6.26. The van der Waals surface area contributed by atoms with Crippen LogP contribution in [0.25, 0.3) is 0 Å². The van der Waals surface area contributed by atoms with Gasteiger partial charge in [-0.25, -0.2) is 4.79 Å². The van der Waals surface area contributed by atoms with Gasteiger partial charge in [-0.3, -0.25) is 4.79 Å². The van der Waals surface area contributed by atoms with Gasteiger partial charge in [-0.15, -0.1) is 0 Å². The predicted molar refractivity (Wildman–Crippen MR) is 107 cm³/mol. The van der Waals surface area contributed by atoms with Gasteiger partial charge in [0, 0.05) is 38.3 Å². The molecule has 1 amide bonds. The molecule has 152 valence electrons. The summed E-state index contributed by atoms with van der Waals surface area (Å²) in [4.78, 5) is 21.5. The Morgan fingerprint density at radius 3 is 1.77 bits per heavy atom. The van der Waals surface area contributed by atoms with E-state index < -0.39 is 5.97 Å². The monoisotopic (exact) mass is 369 g/mol. The van der Waals surface area contributed by atoms with Crippen LogP contribution in [0.5, 0.6) is 0 Å². The molecule has 0 saturated carbocycles. The van der Waals surface area contributed by atoms with Crippen LogP contribution < -0.4 is 16.0 Å². The van der Waals surface area contributed by atoms with Gasteiger partial charge in [0.25, 0.3) is 0 Å². The van der Waals surface area contributed by atoms with Gasteiger partial charge in [-0.1, -0.05) is 64.7 Å². The molecule has 0 radical (unpaired) electrons. The molecule has 6 nitrogen and oxygen atoms in total. The van der Waals surface area contributed by atoms with E-state index in [9.17, 15) is 9.59 Å². The third kappa shape index (κ3) is 20.6. The number of aliphatic carboxylic acids is 1. The van der Waals surface area contributed by atoms with Crippen molar-refractivity contribution in [3.8, 4) is 0 Å². The molecule has 0 aromatic heterocycles. The number of hydrogen-bond donors (Lipinski definition) is 4. The maximum Gasteiger partial charge on any atom is 0.328 e. The summed E-state index contributed by atoms with van der Waals surface area (Å²) < 4.78 is 0. The van der Waals surface area contributed by atoms with Crippen LogP contribution in [0.2, 0.25) is 0 Å². The van der Waals surface area contributed by atoms with E-state index in [1.807, 2.05) is 0 Å². The quantitative estimate of drug-likeness (QED) is 0.208. The minimum atomic E-state index is -1.12. The van der Waals surface area contributed by atoms with E-state index in [1.165, 1.54) is 64.2 Å². The van der Waals surface area contributed by atoms with Crippen molar-refractivity contribution in [2.24, 2.45) is 0 Å². The number of carboxylic acid groups (broad SMARTS) is 1. The van der Waals surface area contributed by atoms with Gasteiger partial charge in [0.15, 0.2) is 0 Å². The fourth-order valence-electron chi connectivity index (χ4n) is 2.64. The molecule has 0 aliphatic carbocycles. The topological polar surface area (TPSA) is 90.5 Å². The third-order valence-corrected chi connectivity index (χ3v) is 4.16. The minimum absolute atomic E-state index is 0.381. The fraction of sp³-hybridized carbons (Fsp3) is 0.800. The largest absolute Gasteiger partial charge is 0.478 e. The summed E-state index contributed by atoms with van der Waals surface area (Å²) in [5, 5.41) is 17.7. The molecule has 0 aliphatic heterocycles. The van der Waals surface area contributed by atoms with Crippen LogP contribution in [-0.2, 0) is 9.59 Å². The zero-order chi connectivity index (χ0) is 19.3. The number of unbranched alkanes of at least 4 members (excludes halogenated alkanes) is 9. The first kappa shape index (κ1) is 24.6. The molecule has 0 aliphatic rings. The molecule has 26 heavy (non-hydrogen) atoms. The van der Waals surface area contributed by atoms with Crippen LogP contribution >= 0.6 is 0 Å². The summed E-state index contributed by atoms with van der Waals surface area (Å²) in [5.74, 6) is -1.50. The molecule has 0 rings (SSSR count). The maximum absolute atomic E-state index is 11.2. The third-order valence-electron chi connectivity index (χ3n) is 4.16. The van der Waals surface area contributed by atoms with Crippen molar-refractivity contribution in [1.82, 2.24) is 16.0 Å². The van der Waals surface area contributed by atoms with Crippen molar-refractivity contribution in [3.05, 3.63) is 12.2 Å². The second-order valence-corrected chi connectivity index (χ2v) is 6.64. The van der Waals surface area contributed by atoms with Crippen molar-refractivity contribution < 1.29 is 14.7 Å². The Kier molecular flexibility index (Phi) is 18.8. The summed E-state index contributed by atoms with van der Waals surface area (Å²) in [6, 6.07) is 0. The van der Waals surface area contributed by atoms with E-state index in [2.05, 4.69) is 22.9 Å². The number of carbonyl (C=O) groups is 2. The standard InChI is InChI=1S/C20H39N3O3/c1-2-3-4-5-6-7-8-9-10-11-14-21-15-16-22-17-18-23-19(24)12-13-20(25)26/h12-13,21-22H,2-11,14-18H2,1H3,(H,23,24)(H,25,26)/b13-12+. The van der Waals surface area contributed by atoms with Crippen molar-refractivity contribution in [3.63, 3.8) is 0 Å². The van der Waals surface area contributed by atoms with Crippen LogP contribution in [0.15, 0.2) is 12.2 Å². The molecule has 4 N–H and O–H groups in total. The number of nitrogens with one attached hydrogen (secondary N) is 3. The minimum Gasteiger partial charge on any atom is -0.478 e. The van der Waals surface area contributed by atoms with Gasteiger partial charge in [0.05, 0.1) is 0 Å². The molecule has 6 heteroatoms. The first-order chi connectivity index (χ1) is 12.7. The Morgan fingerprint density at radius 1 is 0.692 bits per heavy atom. The molecular formula is C20H39N3O3. The Balaban J connectivity index is 3.13. The fourth-order valence-corrected chi connectivity index (χ4v) is 2.64. The summed E-state index contributed by atoms with van der Waals surface area (Å²) in [7, 11) is 0. The van der Waals surface area contributed by atoms with Gasteiger partial charge in [0.2, 0.25) is 5.91 Å². The van der Waals surface area contributed by atoms with E-state index in [-0.39, 0.29) is 5.91 Å². The molecule has 0 aromatic carbocycles. The number of rotatable bonds is 19. The number of carbonyl (C=O) groups excluding carboxylic acids is 1. The smallest absolute Gasteiger partial charge is 0.328 e. The molecule has 0 unspecified atom stereocenters. The molecule has 0 atom stereocenters. The van der Waals surface area contributed by atoms with E-state index in [4.69, 9.17) is 5.11 Å². The first-order valence-electron chi connectivity index (χ1n) is 10.3. The van der Waals surface area contributed by atoms with Crippen molar-refractivity contribution in [2.45, 2.75) is 71.1 Å². The van der Waals surface area contributed by atoms with Gasteiger partial charge in [0.1, 0.15) is 0 Å². The normalized spacial score (nSPS) is 11.1. The summed E-state index contributed by atoms with van der Waals surface area (Å²) in [5.41, 5.74) is 0. The molecule has 0 saturated heterocycles. The highest BCUT2D eigenvalue weighted by Gasteiger charge is 1.96. The van der Waals surface area contributed by atoms with E-state index >= 15 is 0 Å².